The van der Waals surface area contributed by atoms with E-state index in [9.17, 15) is 5.11 Å². The lowest BCUT2D eigenvalue weighted by atomic mass is 9.92. The van der Waals surface area contributed by atoms with Crippen molar-refractivity contribution in [1.29, 1.82) is 0 Å². The standard InChI is InChI=1S/C15H20O/c1-12-8-10-14(11-9-12)15(16)13-6-4-2-3-5-7-13/h4,6,8-11,13,15-16H,2-3,5,7H2,1H3/t13-,15-/m1/s1. The first-order chi connectivity index (χ1) is 7.77. The van der Waals surface area contributed by atoms with Crippen LogP contribution in [-0.4, -0.2) is 5.11 Å². The Morgan fingerprint density at radius 3 is 2.69 bits per heavy atom. The van der Waals surface area contributed by atoms with E-state index in [0.717, 1.165) is 18.4 Å². The fourth-order valence-corrected chi connectivity index (χ4v) is 2.28. The van der Waals surface area contributed by atoms with Crippen molar-refractivity contribution in [3.8, 4) is 0 Å². The van der Waals surface area contributed by atoms with Crippen molar-refractivity contribution < 1.29 is 5.11 Å². The van der Waals surface area contributed by atoms with Crippen molar-refractivity contribution in [3.63, 3.8) is 0 Å². The van der Waals surface area contributed by atoms with E-state index in [2.05, 4.69) is 31.2 Å². The van der Waals surface area contributed by atoms with E-state index in [1.165, 1.54) is 18.4 Å². The molecular formula is C15H20O. The van der Waals surface area contributed by atoms with Gasteiger partial charge in [-0.05, 0) is 31.7 Å². The van der Waals surface area contributed by atoms with Gasteiger partial charge in [-0.15, -0.1) is 0 Å². The molecule has 2 rings (SSSR count). The molecule has 1 nitrogen and oxygen atoms in total. The first kappa shape index (κ1) is 11.4. The van der Waals surface area contributed by atoms with Crippen LogP contribution in [0.4, 0.5) is 0 Å². The van der Waals surface area contributed by atoms with Crippen molar-refractivity contribution >= 4 is 0 Å². The molecule has 0 spiro atoms. The Labute approximate surface area is 97.8 Å². The predicted molar refractivity (Wildman–Crippen MR) is 67.2 cm³/mol. The van der Waals surface area contributed by atoms with Crippen molar-refractivity contribution in [2.75, 3.05) is 0 Å². The molecule has 0 heterocycles. The summed E-state index contributed by atoms with van der Waals surface area (Å²) in [6, 6.07) is 8.22. The number of aryl methyl sites for hydroxylation is 1. The van der Waals surface area contributed by atoms with Gasteiger partial charge in [0.1, 0.15) is 0 Å². The third kappa shape index (κ3) is 2.73. The van der Waals surface area contributed by atoms with Crippen molar-refractivity contribution in [2.24, 2.45) is 5.92 Å². The Hall–Kier alpha value is -1.08. The predicted octanol–water partition coefficient (Wildman–Crippen LogP) is 3.77. The number of aliphatic hydroxyl groups is 1. The van der Waals surface area contributed by atoms with Gasteiger partial charge in [0.05, 0.1) is 6.10 Å². The zero-order chi connectivity index (χ0) is 11.4. The van der Waals surface area contributed by atoms with Gasteiger partial charge < -0.3 is 5.11 Å². The summed E-state index contributed by atoms with van der Waals surface area (Å²) < 4.78 is 0. The quantitative estimate of drug-likeness (QED) is 0.746. The molecule has 2 atom stereocenters. The van der Waals surface area contributed by atoms with E-state index in [1.807, 2.05) is 12.1 Å². The summed E-state index contributed by atoms with van der Waals surface area (Å²) in [6.45, 7) is 2.07. The lowest BCUT2D eigenvalue weighted by Gasteiger charge is -2.19. The van der Waals surface area contributed by atoms with Crippen molar-refractivity contribution in [2.45, 2.75) is 38.7 Å². The first-order valence-electron chi connectivity index (χ1n) is 6.18. The number of hydrogen-bond donors (Lipinski definition) is 1. The van der Waals surface area contributed by atoms with Gasteiger partial charge in [-0.25, -0.2) is 0 Å². The molecule has 1 aliphatic carbocycles. The summed E-state index contributed by atoms with van der Waals surface area (Å²) in [6.07, 6.45) is 8.82. The SMILES string of the molecule is Cc1ccc([C@H](O)[C@@H]2C=CCCCC2)cc1. The highest BCUT2D eigenvalue weighted by molar-refractivity contribution is 5.24. The van der Waals surface area contributed by atoms with Crippen LogP contribution in [0.1, 0.15) is 42.9 Å². The molecule has 86 valence electrons. The summed E-state index contributed by atoms with van der Waals surface area (Å²) in [7, 11) is 0. The van der Waals surface area contributed by atoms with E-state index < -0.39 is 0 Å². The minimum Gasteiger partial charge on any atom is -0.388 e. The lowest BCUT2D eigenvalue weighted by Crippen LogP contribution is -2.09. The average Bonchev–Trinajstić information content (AvgIpc) is 2.57. The molecule has 0 unspecified atom stereocenters. The van der Waals surface area contributed by atoms with Crippen molar-refractivity contribution in [3.05, 3.63) is 47.5 Å². The van der Waals surface area contributed by atoms with Crippen LogP contribution in [0.5, 0.6) is 0 Å². The Morgan fingerprint density at radius 1 is 1.19 bits per heavy atom. The maximum absolute atomic E-state index is 10.3. The minimum absolute atomic E-state index is 0.296. The molecule has 0 fully saturated rings. The number of aliphatic hydroxyl groups excluding tert-OH is 1. The molecule has 0 amide bonds. The van der Waals surface area contributed by atoms with Gasteiger partial charge in [-0.2, -0.15) is 0 Å². The first-order valence-corrected chi connectivity index (χ1v) is 6.18. The van der Waals surface area contributed by atoms with Crippen molar-refractivity contribution in [1.82, 2.24) is 0 Å². The lowest BCUT2D eigenvalue weighted by molar-refractivity contribution is 0.126. The van der Waals surface area contributed by atoms with Crippen LogP contribution in [0.15, 0.2) is 36.4 Å². The van der Waals surface area contributed by atoms with E-state index in [-0.39, 0.29) is 6.10 Å². The molecule has 0 saturated heterocycles. The molecule has 1 heteroatoms. The monoisotopic (exact) mass is 216 g/mol. The molecule has 0 aliphatic heterocycles. The average molecular weight is 216 g/mol. The smallest absolute Gasteiger partial charge is 0.0852 e. The molecule has 16 heavy (non-hydrogen) atoms. The third-order valence-electron chi connectivity index (χ3n) is 3.37. The molecule has 0 saturated carbocycles. The third-order valence-corrected chi connectivity index (χ3v) is 3.37. The largest absolute Gasteiger partial charge is 0.388 e. The Kier molecular flexibility index (Phi) is 3.79. The number of hydrogen-bond acceptors (Lipinski definition) is 1. The summed E-state index contributed by atoms with van der Waals surface area (Å²) >= 11 is 0. The second kappa shape index (κ2) is 5.31. The Morgan fingerprint density at radius 2 is 1.94 bits per heavy atom. The van der Waals surface area contributed by atoms with E-state index in [0.29, 0.717) is 5.92 Å². The van der Waals surface area contributed by atoms with Gasteiger partial charge in [0.2, 0.25) is 0 Å². The van der Waals surface area contributed by atoms with E-state index in [4.69, 9.17) is 0 Å². The molecule has 1 aliphatic rings. The zero-order valence-electron chi connectivity index (χ0n) is 9.89. The van der Waals surface area contributed by atoms with Gasteiger partial charge in [0.15, 0.2) is 0 Å². The summed E-state index contributed by atoms with van der Waals surface area (Å²) in [5.41, 5.74) is 2.29. The topological polar surface area (TPSA) is 20.2 Å². The summed E-state index contributed by atoms with van der Waals surface area (Å²) in [4.78, 5) is 0. The number of allylic oxidation sites excluding steroid dienone is 1. The molecule has 1 aromatic rings. The Balaban J connectivity index is 2.11. The van der Waals surface area contributed by atoms with Gasteiger partial charge in [-0.1, -0.05) is 48.4 Å². The van der Waals surface area contributed by atoms with Crippen LogP contribution in [-0.2, 0) is 0 Å². The maximum Gasteiger partial charge on any atom is 0.0852 e. The van der Waals surface area contributed by atoms with Crippen LogP contribution in [0.3, 0.4) is 0 Å². The second-order valence-electron chi connectivity index (χ2n) is 4.73. The van der Waals surface area contributed by atoms with Crippen LogP contribution >= 0.6 is 0 Å². The molecular weight excluding hydrogens is 196 g/mol. The van der Waals surface area contributed by atoms with Gasteiger partial charge in [-0.3, -0.25) is 0 Å². The van der Waals surface area contributed by atoms with Gasteiger partial charge in [0, 0.05) is 5.92 Å². The molecule has 1 N–H and O–H groups in total. The second-order valence-corrected chi connectivity index (χ2v) is 4.73. The van der Waals surface area contributed by atoms with E-state index >= 15 is 0 Å². The van der Waals surface area contributed by atoms with Crippen LogP contribution in [0.25, 0.3) is 0 Å². The zero-order valence-corrected chi connectivity index (χ0v) is 9.89. The highest BCUT2D eigenvalue weighted by Crippen LogP contribution is 2.29. The summed E-state index contributed by atoms with van der Waals surface area (Å²) in [5.74, 6) is 0.296. The van der Waals surface area contributed by atoms with Gasteiger partial charge >= 0.3 is 0 Å². The highest BCUT2D eigenvalue weighted by atomic mass is 16.3. The van der Waals surface area contributed by atoms with Crippen LogP contribution < -0.4 is 0 Å². The fourth-order valence-electron chi connectivity index (χ4n) is 2.28. The number of benzene rings is 1. The number of rotatable bonds is 2. The minimum atomic E-state index is -0.338. The highest BCUT2D eigenvalue weighted by Gasteiger charge is 2.18. The maximum atomic E-state index is 10.3. The molecule has 0 aromatic heterocycles. The van der Waals surface area contributed by atoms with E-state index in [1.54, 1.807) is 0 Å². The molecule has 1 aromatic carbocycles. The normalized spacial score (nSPS) is 22.8. The Bertz CT molecular complexity index is 350. The van der Waals surface area contributed by atoms with Gasteiger partial charge in [0.25, 0.3) is 0 Å². The molecule has 0 bridgehead atoms. The fraction of sp³-hybridized carbons (Fsp3) is 0.467. The summed E-state index contributed by atoms with van der Waals surface area (Å²) in [5, 5.41) is 10.3. The van der Waals surface area contributed by atoms with Crippen LogP contribution in [0, 0.1) is 12.8 Å². The molecule has 0 radical (unpaired) electrons. The van der Waals surface area contributed by atoms with Crippen LogP contribution in [0.2, 0.25) is 0 Å².